The van der Waals surface area contributed by atoms with Crippen LogP contribution in [0.25, 0.3) is 0 Å². The van der Waals surface area contributed by atoms with Gasteiger partial charge in [0.2, 0.25) is 0 Å². The van der Waals surface area contributed by atoms with Crippen molar-refractivity contribution in [3.05, 3.63) is 4.91 Å². The predicted molar refractivity (Wildman–Crippen MR) is 63.5 cm³/mol. The van der Waals surface area contributed by atoms with Crippen molar-refractivity contribution >= 4 is 11.9 Å². The molecule has 4 bridgehead atoms. The molecule has 0 aliphatic heterocycles. The van der Waals surface area contributed by atoms with Crippen LogP contribution in [0.5, 0.6) is 0 Å². The van der Waals surface area contributed by atoms with Gasteiger partial charge in [0.15, 0.2) is 0 Å². The summed E-state index contributed by atoms with van der Waals surface area (Å²) in [5, 5.41) is 0. The normalized spacial score (nSPS) is 52.1. The molecule has 84 valence electrons. The highest BCUT2D eigenvalue weighted by atomic mass is 32.2. The summed E-state index contributed by atoms with van der Waals surface area (Å²) in [7, 11) is 0. The Morgan fingerprint density at radius 3 is 2.07 bits per heavy atom. The summed E-state index contributed by atoms with van der Waals surface area (Å²) >= 11 is 1.38. The van der Waals surface area contributed by atoms with Crippen molar-refractivity contribution in [2.75, 3.05) is 0 Å². The summed E-state index contributed by atoms with van der Waals surface area (Å²) in [6, 6.07) is 0. The first-order valence-corrected chi connectivity index (χ1v) is 7.06. The highest BCUT2D eigenvalue weighted by molar-refractivity contribution is 7.99. The molecule has 0 spiro atoms. The van der Waals surface area contributed by atoms with Gasteiger partial charge < -0.3 is 0 Å². The van der Waals surface area contributed by atoms with E-state index in [0.717, 1.165) is 30.1 Å². The molecule has 4 fully saturated rings. The van der Waals surface area contributed by atoms with E-state index < -0.39 is 0 Å². The largest absolute Gasteiger partial charge is 0.137 e. The first-order valence-electron chi connectivity index (χ1n) is 6.29. The zero-order valence-electron chi connectivity index (χ0n) is 9.32. The standard InChI is InChI=1S/C12H19NOS/c1-2-12(15-13-14)10-4-8-3-9(6-10)7-11(12)5-8/h8-11H,2-7H2,1H3. The molecule has 0 aromatic heterocycles. The van der Waals surface area contributed by atoms with Gasteiger partial charge in [-0.1, -0.05) is 6.92 Å². The van der Waals surface area contributed by atoms with Gasteiger partial charge >= 0.3 is 0 Å². The van der Waals surface area contributed by atoms with E-state index in [1.54, 1.807) is 0 Å². The van der Waals surface area contributed by atoms with Gasteiger partial charge in [-0.25, -0.2) is 0 Å². The molecular formula is C12H19NOS. The van der Waals surface area contributed by atoms with Crippen molar-refractivity contribution in [3.8, 4) is 0 Å². The summed E-state index contributed by atoms with van der Waals surface area (Å²) in [6.07, 6.45) is 8.13. The molecular weight excluding hydrogens is 206 g/mol. The number of hydrogen-bond donors (Lipinski definition) is 0. The Morgan fingerprint density at radius 2 is 1.67 bits per heavy atom. The van der Waals surface area contributed by atoms with Gasteiger partial charge in [0.05, 0.1) is 0 Å². The zero-order chi connectivity index (χ0) is 10.5. The molecule has 0 amide bonds. The van der Waals surface area contributed by atoms with E-state index in [0.29, 0.717) is 0 Å². The molecule has 0 radical (unpaired) electrons. The Bertz CT molecular complexity index is 251. The lowest BCUT2D eigenvalue weighted by atomic mass is 9.51. The Kier molecular flexibility index (Phi) is 2.35. The molecule has 4 aliphatic rings. The van der Waals surface area contributed by atoms with Crippen LogP contribution in [0.2, 0.25) is 0 Å². The van der Waals surface area contributed by atoms with Crippen LogP contribution in [0.15, 0.2) is 4.58 Å². The van der Waals surface area contributed by atoms with Crippen LogP contribution < -0.4 is 0 Å². The average molecular weight is 225 g/mol. The highest BCUT2D eigenvalue weighted by Gasteiger charge is 2.57. The second-order valence-electron chi connectivity index (χ2n) is 5.78. The molecule has 0 unspecified atom stereocenters. The lowest BCUT2D eigenvalue weighted by Crippen LogP contribution is -2.55. The Morgan fingerprint density at radius 1 is 1.13 bits per heavy atom. The molecule has 0 atom stereocenters. The zero-order valence-corrected chi connectivity index (χ0v) is 10.1. The lowest BCUT2D eigenvalue weighted by Gasteiger charge is -2.59. The van der Waals surface area contributed by atoms with E-state index in [1.807, 2.05) is 0 Å². The fourth-order valence-corrected chi connectivity index (χ4v) is 5.79. The van der Waals surface area contributed by atoms with Gasteiger partial charge in [-0.05, 0) is 62.2 Å². The van der Waals surface area contributed by atoms with E-state index in [9.17, 15) is 4.91 Å². The first-order chi connectivity index (χ1) is 7.28. The van der Waals surface area contributed by atoms with Crippen molar-refractivity contribution < 1.29 is 0 Å². The quantitative estimate of drug-likeness (QED) is 0.536. The first kappa shape index (κ1) is 10.1. The van der Waals surface area contributed by atoms with Crippen molar-refractivity contribution in [3.63, 3.8) is 0 Å². The lowest BCUT2D eigenvalue weighted by molar-refractivity contribution is -0.0179. The molecule has 15 heavy (non-hydrogen) atoms. The minimum absolute atomic E-state index is 0.231. The van der Waals surface area contributed by atoms with Gasteiger partial charge in [-0.3, -0.25) is 0 Å². The van der Waals surface area contributed by atoms with Crippen LogP contribution >= 0.6 is 11.9 Å². The molecule has 4 aliphatic carbocycles. The SMILES string of the molecule is CCC1(SN=O)C2CC3CC(C2)CC1C3. The molecule has 4 rings (SSSR count). The van der Waals surface area contributed by atoms with Gasteiger partial charge in [-0.15, -0.1) is 4.91 Å². The van der Waals surface area contributed by atoms with Gasteiger partial charge in [-0.2, -0.15) is 0 Å². The van der Waals surface area contributed by atoms with Crippen molar-refractivity contribution in [2.45, 2.75) is 50.2 Å². The maximum atomic E-state index is 10.7. The Labute approximate surface area is 95.7 Å². The van der Waals surface area contributed by atoms with Gasteiger partial charge in [0, 0.05) is 21.3 Å². The van der Waals surface area contributed by atoms with E-state index in [2.05, 4.69) is 11.5 Å². The highest BCUT2D eigenvalue weighted by Crippen LogP contribution is 2.63. The van der Waals surface area contributed by atoms with Crippen LogP contribution in [0, 0.1) is 28.6 Å². The van der Waals surface area contributed by atoms with Crippen LogP contribution in [-0.2, 0) is 0 Å². The molecule has 4 saturated carbocycles. The molecule has 2 nitrogen and oxygen atoms in total. The molecule has 0 aromatic carbocycles. The van der Waals surface area contributed by atoms with Crippen molar-refractivity contribution in [1.29, 1.82) is 0 Å². The number of rotatable bonds is 3. The van der Waals surface area contributed by atoms with Crippen LogP contribution in [-0.4, -0.2) is 4.75 Å². The second-order valence-corrected chi connectivity index (χ2v) is 6.87. The minimum atomic E-state index is 0.231. The van der Waals surface area contributed by atoms with Crippen molar-refractivity contribution in [1.82, 2.24) is 0 Å². The Balaban J connectivity index is 1.92. The smallest absolute Gasteiger partial charge is 0.0466 e. The fourth-order valence-electron chi connectivity index (χ4n) is 4.84. The summed E-state index contributed by atoms with van der Waals surface area (Å²) in [4.78, 5) is 10.7. The third kappa shape index (κ3) is 1.31. The number of nitroso groups, excluding NO2 is 1. The van der Waals surface area contributed by atoms with E-state index in [1.165, 1.54) is 44.1 Å². The predicted octanol–water partition coefficient (Wildman–Crippen LogP) is 4.01. The number of nitrogens with zero attached hydrogens (tertiary/aromatic N) is 1. The topological polar surface area (TPSA) is 29.4 Å². The Hall–Kier alpha value is -0.0500. The summed E-state index contributed by atoms with van der Waals surface area (Å²) in [5.74, 6) is 3.56. The van der Waals surface area contributed by atoms with Gasteiger partial charge in [0.1, 0.15) is 0 Å². The minimum Gasteiger partial charge on any atom is -0.137 e. The van der Waals surface area contributed by atoms with Crippen molar-refractivity contribution in [2.24, 2.45) is 28.3 Å². The third-order valence-electron chi connectivity index (χ3n) is 5.28. The second kappa shape index (κ2) is 3.47. The molecule has 0 aromatic rings. The fraction of sp³-hybridized carbons (Fsp3) is 1.00. The maximum absolute atomic E-state index is 10.7. The molecule has 0 N–H and O–H groups in total. The van der Waals surface area contributed by atoms with E-state index in [4.69, 9.17) is 0 Å². The maximum Gasteiger partial charge on any atom is 0.0466 e. The molecule has 0 saturated heterocycles. The average Bonchev–Trinajstić information content (AvgIpc) is 2.23. The summed E-state index contributed by atoms with van der Waals surface area (Å²) < 4.78 is 3.42. The monoisotopic (exact) mass is 225 g/mol. The van der Waals surface area contributed by atoms with Crippen LogP contribution in [0.1, 0.15) is 45.4 Å². The summed E-state index contributed by atoms with van der Waals surface area (Å²) in [6.45, 7) is 2.25. The van der Waals surface area contributed by atoms with Crippen LogP contribution in [0.3, 0.4) is 0 Å². The molecule has 3 heteroatoms. The third-order valence-corrected chi connectivity index (χ3v) is 6.65. The van der Waals surface area contributed by atoms with E-state index in [-0.39, 0.29) is 4.75 Å². The van der Waals surface area contributed by atoms with E-state index >= 15 is 0 Å². The van der Waals surface area contributed by atoms with Crippen LogP contribution in [0.4, 0.5) is 0 Å². The summed E-state index contributed by atoms with van der Waals surface area (Å²) in [5.41, 5.74) is 0. The molecule has 0 heterocycles. The van der Waals surface area contributed by atoms with Gasteiger partial charge in [0.25, 0.3) is 0 Å². The number of hydrogen-bond acceptors (Lipinski definition) is 3.